The molecule has 3 saturated heterocycles. The monoisotopic (exact) mass is 579 g/mol. The standard InChI is InChI=1S/C30H33N3O5S2/c1-2-37-38-33-29(34)28(40-30(33)39)6-4-3-5-27(23-7-11-25(12-8-23)31-15-19-35-20-16-31)24-9-13-26(14-10-24)32-17-21-36-22-18-32/h3-14H,2,15-22H2,1H3/b4-3+,28-6-. The summed E-state index contributed by atoms with van der Waals surface area (Å²) in [7, 11) is 0. The lowest BCUT2D eigenvalue weighted by Gasteiger charge is -2.29. The first-order valence-electron chi connectivity index (χ1n) is 13.4. The lowest BCUT2D eigenvalue weighted by atomic mass is 9.96. The second-order valence-electron chi connectivity index (χ2n) is 9.24. The van der Waals surface area contributed by atoms with Crippen molar-refractivity contribution in [2.45, 2.75) is 6.92 Å². The van der Waals surface area contributed by atoms with E-state index in [-0.39, 0.29) is 5.91 Å². The number of anilines is 2. The van der Waals surface area contributed by atoms with Crippen LogP contribution in [0.3, 0.4) is 0 Å². The lowest BCUT2D eigenvalue weighted by molar-refractivity contribution is -0.381. The Labute approximate surface area is 244 Å². The number of thiocarbonyl (C=S) groups is 1. The Morgan fingerprint density at radius 2 is 1.40 bits per heavy atom. The van der Waals surface area contributed by atoms with E-state index in [0.717, 1.165) is 74.4 Å². The van der Waals surface area contributed by atoms with Gasteiger partial charge in [-0.2, -0.15) is 0 Å². The van der Waals surface area contributed by atoms with Crippen LogP contribution < -0.4 is 9.80 Å². The molecule has 10 heteroatoms. The molecule has 3 aliphatic heterocycles. The van der Waals surface area contributed by atoms with Gasteiger partial charge in [-0.1, -0.05) is 54.3 Å². The van der Waals surface area contributed by atoms with E-state index in [1.165, 1.54) is 23.1 Å². The second kappa shape index (κ2) is 14.1. The number of carbonyl (C=O) groups is 1. The summed E-state index contributed by atoms with van der Waals surface area (Å²) in [4.78, 5) is 27.6. The molecule has 0 saturated carbocycles. The number of allylic oxidation sites excluding steroid dienone is 4. The van der Waals surface area contributed by atoms with Crippen molar-refractivity contribution >= 4 is 51.2 Å². The number of hydroxylamine groups is 2. The minimum atomic E-state index is -0.338. The van der Waals surface area contributed by atoms with Crippen LogP contribution >= 0.6 is 24.0 Å². The number of ether oxygens (including phenoxy) is 2. The summed E-state index contributed by atoms with van der Waals surface area (Å²) in [5, 5.41) is 0.997. The SMILES string of the molecule is CCOON1C(=O)/C(=C/C=C/C=C(c2ccc(N3CCOCC3)cc2)c2ccc(N3CCOCC3)cc2)SC1=S. The van der Waals surface area contributed by atoms with Crippen LogP contribution in [0.25, 0.3) is 5.57 Å². The number of morpholine rings is 2. The Balaban J connectivity index is 1.38. The van der Waals surface area contributed by atoms with Crippen molar-refractivity contribution in [3.8, 4) is 0 Å². The van der Waals surface area contributed by atoms with Gasteiger partial charge in [0.1, 0.15) is 0 Å². The van der Waals surface area contributed by atoms with E-state index in [4.69, 9.17) is 31.6 Å². The van der Waals surface area contributed by atoms with Crippen LogP contribution in [0.1, 0.15) is 18.1 Å². The van der Waals surface area contributed by atoms with Gasteiger partial charge >= 0.3 is 0 Å². The first-order valence-corrected chi connectivity index (χ1v) is 14.7. The van der Waals surface area contributed by atoms with Crippen molar-refractivity contribution in [3.63, 3.8) is 0 Å². The summed E-state index contributed by atoms with van der Waals surface area (Å²) >= 11 is 6.42. The average Bonchev–Trinajstić information content (AvgIpc) is 3.28. The van der Waals surface area contributed by atoms with Gasteiger partial charge in [-0.15, -0.1) is 10.1 Å². The Kier molecular flexibility index (Phi) is 10.0. The second-order valence-corrected chi connectivity index (χ2v) is 10.9. The highest BCUT2D eigenvalue weighted by Gasteiger charge is 2.34. The molecule has 5 rings (SSSR count). The van der Waals surface area contributed by atoms with Gasteiger partial charge < -0.3 is 19.3 Å². The molecule has 3 fully saturated rings. The molecule has 3 heterocycles. The summed E-state index contributed by atoms with van der Waals surface area (Å²) in [5.74, 6) is -0.338. The van der Waals surface area contributed by atoms with E-state index in [0.29, 0.717) is 15.8 Å². The van der Waals surface area contributed by atoms with Crippen LogP contribution in [-0.2, 0) is 24.1 Å². The van der Waals surface area contributed by atoms with Crippen LogP contribution in [-0.4, -0.2) is 74.5 Å². The van der Waals surface area contributed by atoms with Gasteiger partial charge in [0.25, 0.3) is 5.91 Å². The maximum Gasteiger partial charge on any atom is 0.292 e. The molecule has 2 aromatic carbocycles. The Hall–Kier alpha value is -2.99. The zero-order chi connectivity index (χ0) is 27.7. The maximum atomic E-state index is 12.6. The van der Waals surface area contributed by atoms with E-state index in [1.807, 2.05) is 12.2 Å². The number of hydrogen-bond donors (Lipinski definition) is 0. The van der Waals surface area contributed by atoms with Gasteiger partial charge in [0.15, 0.2) is 4.32 Å². The topological polar surface area (TPSA) is 63.7 Å². The third-order valence-electron chi connectivity index (χ3n) is 6.73. The fourth-order valence-corrected chi connectivity index (χ4v) is 5.72. The molecule has 0 aromatic heterocycles. The van der Waals surface area contributed by atoms with Gasteiger partial charge in [-0.25, -0.2) is 4.89 Å². The van der Waals surface area contributed by atoms with E-state index in [1.54, 1.807) is 13.0 Å². The Morgan fingerprint density at radius 1 is 0.875 bits per heavy atom. The molecule has 0 unspecified atom stereocenters. The van der Waals surface area contributed by atoms with Crippen molar-refractivity contribution in [2.24, 2.45) is 0 Å². The summed E-state index contributed by atoms with van der Waals surface area (Å²) in [6, 6.07) is 17.3. The zero-order valence-corrected chi connectivity index (χ0v) is 24.1. The Morgan fingerprint density at radius 3 is 1.90 bits per heavy atom. The lowest BCUT2D eigenvalue weighted by Crippen LogP contribution is -2.36. The number of thioether (sulfide) groups is 1. The van der Waals surface area contributed by atoms with Gasteiger partial charge in [0, 0.05) is 37.6 Å². The predicted molar refractivity (Wildman–Crippen MR) is 163 cm³/mol. The fourth-order valence-electron chi connectivity index (χ4n) is 4.64. The van der Waals surface area contributed by atoms with Crippen molar-refractivity contribution in [1.82, 2.24) is 5.06 Å². The smallest absolute Gasteiger partial charge is 0.292 e. The zero-order valence-electron chi connectivity index (χ0n) is 22.5. The highest BCUT2D eigenvalue weighted by molar-refractivity contribution is 8.26. The van der Waals surface area contributed by atoms with Crippen molar-refractivity contribution in [2.75, 3.05) is 69.0 Å². The van der Waals surface area contributed by atoms with Crippen LogP contribution in [0.4, 0.5) is 11.4 Å². The molecule has 40 heavy (non-hydrogen) atoms. The molecule has 1 amide bonds. The molecule has 2 aromatic rings. The number of amides is 1. The molecule has 3 aliphatic rings. The van der Waals surface area contributed by atoms with Crippen LogP contribution in [0.15, 0.2) is 77.7 Å². The largest absolute Gasteiger partial charge is 0.378 e. The average molecular weight is 580 g/mol. The number of carbonyl (C=O) groups excluding carboxylic acids is 1. The van der Waals surface area contributed by atoms with Crippen molar-refractivity contribution < 1.29 is 24.1 Å². The molecular formula is C30H33N3O5S2. The van der Waals surface area contributed by atoms with Gasteiger partial charge in [0.05, 0.1) is 37.9 Å². The number of benzene rings is 2. The first kappa shape index (κ1) is 28.5. The van der Waals surface area contributed by atoms with E-state index >= 15 is 0 Å². The van der Waals surface area contributed by atoms with Crippen molar-refractivity contribution in [3.05, 3.63) is 88.9 Å². The fraction of sp³-hybridized carbons (Fsp3) is 0.333. The Bertz CT molecular complexity index is 1200. The van der Waals surface area contributed by atoms with Gasteiger partial charge in [-0.3, -0.25) is 4.79 Å². The molecular weight excluding hydrogens is 546 g/mol. The molecule has 0 spiro atoms. The third kappa shape index (κ3) is 7.01. The van der Waals surface area contributed by atoms with Crippen LogP contribution in [0.5, 0.6) is 0 Å². The summed E-state index contributed by atoms with van der Waals surface area (Å²) in [5.41, 5.74) is 5.69. The minimum absolute atomic E-state index is 0.301. The normalized spacial score (nSPS) is 19.2. The van der Waals surface area contributed by atoms with Gasteiger partial charge in [-0.05, 0) is 66.2 Å². The quantitative estimate of drug-likeness (QED) is 0.135. The minimum Gasteiger partial charge on any atom is -0.378 e. The summed E-state index contributed by atoms with van der Waals surface area (Å²) < 4.78 is 11.3. The first-order chi connectivity index (χ1) is 19.6. The molecule has 0 bridgehead atoms. The molecule has 8 nitrogen and oxygen atoms in total. The third-order valence-corrected chi connectivity index (χ3v) is 8.02. The predicted octanol–water partition coefficient (Wildman–Crippen LogP) is 4.98. The van der Waals surface area contributed by atoms with E-state index in [2.05, 4.69) is 64.4 Å². The van der Waals surface area contributed by atoms with E-state index < -0.39 is 0 Å². The molecule has 0 N–H and O–H groups in total. The molecule has 0 radical (unpaired) electrons. The highest BCUT2D eigenvalue weighted by Crippen LogP contribution is 2.32. The van der Waals surface area contributed by atoms with Gasteiger partial charge in [0.2, 0.25) is 0 Å². The maximum absolute atomic E-state index is 12.6. The van der Waals surface area contributed by atoms with E-state index in [9.17, 15) is 4.79 Å². The van der Waals surface area contributed by atoms with Crippen LogP contribution in [0, 0.1) is 0 Å². The number of rotatable bonds is 9. The molecule has 210 valence electrons. The van der Waals surface area contributed by atoms with Crippen LogP contribution in [0.2, 0.25) is 0 Å². The molecule has 0 aliphatic carbocycles. The van der Waals surface area contributed by atoms with Crippen molar-refractivity contribution in [1.29, 1.82) is 0 Å². The number of hydrogen-bond acceptors (Lipinski definition) is 9. The highest BCUT2D eigenvalue weighted by atomic mass is 32.2. The number of nitrogens with zero attached hydrogens (tertiary/aromatic N) is 3. The summed E-state index contributed by atoms with van der Waals surface area (Å²) in [6.07, 6.45) is 7.60. The molecule has 0 atom stereocenters. The summed E-state index contributed by atoms with van der Waals surface area (Å²) in [6.45, 7) is 8.69.